The molecule has 0 atom stereocenters. The number of carbonyl (C=O) groups excluding carboxylic acids is 1. The van der Waals surface area contributed by atoms with Gasteiger partial charge in [-0.3, -0.25) is 9.59 Å². The number of H-pyrrole nitrogens is 1. The minimum absolute atomic E-state index is 0.0486. The van der Waals surface area contributed by atoms with Gasteiger partial charge in [0.25, 0.3) is 11.5 Å². The van der Waals surface area contributed by atoms with E-state index in [4.69, 9.17) is 11.6 Å². The van der Waals surface area contributed by atoms with E-state index in [1.807, 2.05) is 0 Å². The molecule has 3 aromatic rings. The number of rotatable bonds is 3. The van der Waals surface area contributed by atoms with Gasteiger partial charge in [-0.05, 0) is 23.8 Å². The molecule has 26 heavy (non-hydrogen) atoms. The molecule has 0 radical (unpaired) electrons. The molecule has 0 saturated carbocycles. The van der Waals surface area contributed by atoms with Crippen LogP contribution in [0.25, 0.3) is 10.9 Å². The van der Waals surface area contributed by atoms with Crippen molar-refractivity contribution in [2.24, 2.45) is 0 Å². The van der Waals surface area contributed by atoms with E-state index in [0.717, 1.165) is 17.0 Å². The molecule has 0 spiro atoms. The number of halogens is 3. The molecule has 1 aromatic heterocycles. The van der Waals surface area contributed by atoms with E-state index in [9.17, 15) is 23.5 Å². The number of nitrogens with zero attached hydrogens (tertiary/aromatic N) is 1. The molecule has 0 fully saturated rings. The van der Waals surface area contributed by atoms with Crippen molar-refractivity contribution in [1.82, 2.24) is 4.98 Å². The van der Waals surface area contributed by atoms with Gasteiger partial charge in [0, 0.05) is 24.4 Å². The fourth-order valence-corrected chi connectivity index (χ4v) is 2.96. The smallest absolute Gasteiger partial charge is 0.267 e. The number of anilines is 1. The number of amides is 1. The Kier molecular flexibility index (Phi) is 4.65. The minimum atomic E-state index is -0.973. The van der Waals surface area contributed by atoms with Crippen molar-refractivity contribution in [2.45, 2.75) is 5.88 Å². The second-order valence-electron chi connectivity index (χ2n) is 5.61. The molecule has 5 nitrogen and oxygen atoms in total. The van der Waals surface area contributed by atoms with Crippen LogP contribution < -0.4 is 10.5 Å². The first-order chi connectivity index (χ1) is 12.3. The lowest BCUT2D eigenvalue weighted by Gasteiger charge is -2.19. The van der Waals surface area contributed by atoms with Gasteiger partial charge in [0.15, 0.2) is 0 Å². The van der Waals surface area contributed by atoms with Crippen LogP contribution in [0.15, 0.2) is 41.2 Å². The molecule has 0 unspecified atom stereocenters. The van der Waals surface area contributed by atoms with Crippen LogP contribution in [0.2, 0.25) is 0 Å². The quantitative estimate of drug-likeness (QED) is 0.685. The average Bonchev–Trinajstić information content (AvgIpc) is 2.60. The van der Waals surface area contributed by atoms with Crippen LogP contribution in [-0.4, -0.2) is 23.0 Å². The molecular formula is C18H13ClF2N2O3. The van der Waals surface area contributed by atoms with Gasteiger partial charge >= 0.3 is 0 Å². The largest absolute Gasteiger partial charge is 0.506 e. The maximum Gasteiger partial charge on any atom is 0.267 e. The molecule has 8 heteroatoms. The van der Waals surface area contributed by atoms with E-state index in [0.29, 0.717) is 17.1 Å². The van der Waals surface area contributed by atoms with Crippen LogP contribution in [0, 0.1) is 11.6 Å². The first kappa shape index (κ1) is 17.9. The first-order valence-electron chi connectivity index (χ1n) is 7.51. The van der Waals surface area contributed by atoms with Gasteiger partial charge in [-0.15, -0.1) is 11.6 Å². The summed E-state index contributed by atoms with van der Waals surface area (Å²) in [5, 5.41) is 10.8. The number of carbonyl (C=O) groups is 1. The lowest BCUT2D eigenvalue weighted by atomic mass is 10.0. The molecule has 0 saturated heterocycles. The highest BCUT2D eigenvalue weighted by Crippen LogP contribution is 2.31. The van der Waals surface area contributed by atoms with Crippen molar-refractivity contribution < 1.29 is 18.7 Å². The Morgan fingerprint density at radius 1 is 1.27 bits per heavy atom. The maximum atomic E-state index is 13.9. The third-order valence-electron chi connectivity index (χ3n) is 4.03. The standard InChI is InChI=1S/C18H13ClF2N2O3/c1-23(13-6-5-10(20)7-11(13)21)18(26)15-16(24)14-9(8-19)3-2-4-12(14)22-17(15)25/h2-7H,8H2,1H3,(H2,22,24,25). The summed E-state index contributed by atoms with van der Waals surface area (Å²) in [4.78, 5) is 28.4. The molecule has 0 aliphatic heterocycles. The molecule has 0 aliphatic rings. The zero-order valence-electron chi connectivity index (χ0n) is 13.5. The third-order valence-corrected chi connectivity index (χ3v) is 4.32. The van der Waals surface area contributed by atoms with Gasteiger partial charge in [0.1, 0.15) is 22.9 Å². The van der Waals surface area contributed by atoms with Gasteiger partial charge in [-0.1, -0.05) is 12.1 Å². The lowest BCUT2D eigenvalue weighted by molar-refractivity contribution is 0.0988. The highest BCUT2D eigenvalue weighted by Gasteiger charge is 2.25. The Balaban J connectivity index is 2.18. The van der Waals surface area contributed by atoms with Crippen LogP contribution in [0.3, 0.4) is 0 Å². The topological polar surface area (TPSA) is 73.4 Å². The second kappa shape index (κ2) is 6.76. The predicted molar refractivity (Wildman–Crippen MR) is 94.9 cm³/mol. The second-order valence-corrected chi connectivity index (χ2v) is 5.88. The third kappa shape index (κ3) is 2.90. The molecular weight excluding hydrogens is 366 g/mol. The Labute approximate surface area is 151 Å². The van der Waals surface area contributed by atoms with Crippen molar-refractivity contribution in [2.75, 3.05) is 11.9 Å². The van der Waals surface area contributed by atoms with E-state index in [1.54, 1.807) is 18.2 Å². The molecule has 2 aromatic carbocycles. The van der Waals surface area contributed by atoms with Gasteiger partial charge in [-0.2, -0.15) is 0 Å². The number of nitrogens with one attached hydrogen (secondary N) is 1. The lowest BCUT2D eigenvalue weighted by Crippen LogP contribution is -2.32. The van der Waals surface area contributed by atoms with E-state index < -0.39 is 34.4 Å². The number of fused-ring (bicyclic) bond motifs is 1. The highest BCUT2D eigenvalue weighted by atomic mass is 35.5. The van der Waals surface area contributed by atoms with Crippen LogP contribution in [0.1, 0.15) is 15.9 Å². The fourth-order valence-electron chi connectivity index (χ4n) is 2.74. The predicted octanol–water partition coefficient (Wildman–Crippen LogP) is 3.53. The van der Waals surface area contributed by atoms with E-state index in [-0.39, 0.29) is 17.0 Å². The molecule has 1 amide bonds. The van der Waals surface area contributed by atoms with E-state index in [1.165, 1.54) is 7.05 Å². The van der Waals surface area contributed by atoms with Crippen molar-refractivity contribution in [3.8, 4) is 5.75 Å². The number of aromatic amines is 1. The zero-order chi connectivity index (χ0) is 19.0. The van der Waals surface area contributed by atoms with E-state index >= 15 is 0 Å². The van der Waals surface area contributed by atoms with Crippen molar-refractivity contribution in [1.29, 1.82) is 0 Å². The Morgan fingerprint density at radius 2 is 2.00 bits per heavy atom. The van der Waals surface area contributed by atoms with E-state index in [2.05, 4.69) is 4.98 Å². The Hall–Kier alpha value is -2.93. The number of aromatic nitrogens is 1. The summed E-state index contributed by atoms with van der Waals surface area (Å²) < 4.78 is 27.0. The number of benzene rings is 2. The van der Waals surface area contributed by atoms with Crippen LogP contribution >= 0.6 is 11.6 Å². The molecule has 0 aliphatic carbocycles. The summed E-state index contributed by atoms with van der Waals surface area (Å²) in [6.07, 6.45) is 0. The monoisotopic (exact) mass is 378 g/mol. The summed E-state index contributed by atoms with van der Waals surface area (Å²) >= 11 is 5.86. The zero-order valence-corrected chi connectivity index (χ0v) is 14.3. The molecule has 134 valence electrons. The van der Waals surface area contributed by atoms with Crippen LogP contribution in [0.4, 0.5) is 14.5 Å². The summed E-state index contributed by atoms with van der Waals surface area (Å²) in [7, 11) is 1.22. The van der Waals surface area contributed by atoms with Gasteiger partial charge in [0.05, 0.1) is 11.2 Å². The summed E-state index contributed by atoms with van der Waals surface area (Å²) in [6.45, 7) is 0. The van der Waals surface area contributed by atoms with Crippen molar-refractivity contribution in [3.05, 3.63) is 69.5 Å². The number of pyridine rings is 1. The summed E-state index contributed by atoms with van der Waals surface area (Å²) in [5.74, 6) is -3.21. The first-order valence-corrected chi connectivity index (χ1v) is 8.04. The van der Waals surface area contributed by atoms with Crippen LogP contribution in [0.5, 0.6) is 5.75 Å². The molecule has 1 heterocycles. The SMILES string of the molecule is CN(C(=O)c1c(O)c2c(CCl)cccc2[nH]c1=O)c1ccc(F)cc1F. The van der Waals surface area contributed by atoms with Crippen LogP contribution in [-0.2, 0) is 5.88 Å². The highest BCUT2D eigenvalue weighted by molar-refractivity contribution is 6.18. The molecule has 3 rings (SSSR count). The number of alkyl halides is 1. The molecule has 2 N–H and O–H groups in total. The van der Waals surface area contributed by atoms with Gasteiger partial charge in [-0.25, -0.2) is 8.78 Å². The summed E-state index contributed by atoms with van der Waals surface area (Å²) in [6, 6.07) is 7.53. The number of hydrogen-bond acceptors (Lipinski definition) is 3. The number of hydrogen-bond donors (Lipinski definition) is 2. The average molecular weight is 379 g/mol. The summed E-state index contributed by atoms with van der Waals surface area (Å²) in [5.41, 5.74) is -0.788. The minimum Gasteiger partial charge on any atom is -0.506 e. The van der Waals surface area contributed by atoms with Crippen molar-refractivity contribution in [3.63, 3.8) is 0 Å². The normalized spacial score (nSPS) is 10.9. The maximum absolute atomic E-state index is 13.9. The Bertz CT molecular complexity index is 1080. The van der Waals surface area contributed by atoms with Gasteiger partial charge < -0.3 is 15.0 Å². The fraction of sp³-hybridized carbons (Fsp3) is 0.111. The van der Waals surface area contributed by atoms with Gasteiger partial charge in [0.2, 0.25) is 0 Å². The van der Waals surface area contributed by atoms with Crippen molar-refractivity contribution >= 4 is 34.1 Å². The number of aromatic hydroxyl groups is 1. The molecule has 0 bridgehead atoms. The Morgan fingerprint density at radius 3 is 2.65 bits per heavy atom.